The summed E-state index contributed by atoms with van der Waals surface area (Å²) in [6, 6.07) is 5.17. The van der Waals surface area contributed by atoms with Gasteiger partial charge in [-0.25, -0.2) is 25.8 Å². The van der Waals surface area contributed by atoms with Crippen LogP contribution in [0.2, 0.25) is 0 Å². The van der Waals surface area contributed by atoms with Gasteiger partial charge < -0.3 is 30.4 Å². The Labute approximate surface area is 229 Å². The zero-order valence-electron chi connectivity index (χ0n) is 20.1. The third-order valence-corrected chi connectivity index (χ3v) is 10.5. The van der Waals surface area contributed by atoms with Crippen LogP contribution in [-0.2, 0) is 24.4 Å². The highest BCUT2D eigenvalue weighted by molar-refractivity contribution is 7.92. The zero-order valence-corrected chi connectivity index (χ0v) is 23.4. The highest BCUT2D eigenvalue weighted by Gasteiger charge is 2.48. The third kappa shape index (κ3) is 7.41. The Balaban J connectivity index is 1.78. The molecule has 1 atom stereocenters. The van der Waals surface area contributed by atoms with Crippen molar-refractivity contribution in [2.75, 3.05) is 32.6 Å². The van der Waals surface area contributed by atoms with Crippen molar-refractivity contribution in [3.63, 3.8) is 0 Å². The van der Waals surface area contributed by atoms with Crippen molar-refractivity contribution in [2.45, 2.75) is 14.6 Å². The fourth-order valence-electron chi connectivity index (χ4n) is 3.03. The summed E-state index contributed by atoms with van der Waals surface area (Å²) in [7, 11) is -15.3. The Hall–Kier alpha value is -2.51. The molecule has 0 saturated carbocycles. The molecular weight excluding hydrogens is 629 g/mol. The predicted molar refractivity (Wildman–Crippen MR) is 136 cm³/mol. The van der Waals surface area contributed by atoms with Crippen molar-refractivity contribution >= 4 is 48.9 Å². The molecule has 0 aliphatic rings. The molecule has 0 spiro atoms. The minimum absolute atomic E-state index is 0.149. The Morgan fingerprint density at radius 2 is 1.57 bits per heavy atom. The van der Waals surface area contributed by atoms with E-state index in [4.69, 9.17) is 20.9 Å². The number of sulfone groups is 1. The van der Waals surface area contributed by atoms with E-state index < -0.39 is 55.7 Å². The Morgan fingerprint density at radius 1 is 0.975 bits per heavy atom. The summed E-state index contributed by atoms with van der Waals surface area (Å²) >= 11 is 0.794. The lowest BCUT2D eigenvalue weighted by Gasteiger charge is -2.15. The van der Waals surface area contributed by atoms with Crippen molar-refractivity contribution in [1.82, 2.24) is 4.72 Å². The quantitative estimate of drug-likeness (QED) is 0.157. The van der Waals surface area contributed by atoms with Crippen LogP contribution in [0.1, 0.15) is 0 Å². The van der Waals surface area contributed by atoms with E-state index >= 15 is 0 Å². The number of hydrogen-bond acceptors (Lipinski definition) is 11. The van der Waals surface area contributed by atoms with E-state index in [1.165, 1.54) is 18.2 Å². The molecule has 2 aromatic carbocycles. The summed E-state index contributed by atoms with van der Waals surface area (Å²) < 4.78 is 131. The van der Waals surface area contributed by atoms with Crippen molar-refractivity contribution < 1.29 is 57.9 Å². The molecule has 3 aromatic rings. The van der Waals surface area contributed by atoms with Crippen LogP contribution in [0.3, 0.4) is 0 Å². The molecule has 0 amide bonds. The van der Waals surface area contributed by atoms with Gasteiger partial charge in [-0.2, -0.15) is 17.9 Å². The number of halogens is 4. The molecule has 0 fully saturated rings. The summed E-state index contributed by atoms with van der Waals surface area (Å²) in [5.41, 5.74) is 5.13. The SMILES string of the molecule is NCCOc1cc2cc(S(=O)(=O)NCP(=O)(O)Oc3ccc(S(=O)(=O)C(F)(F)F)c(F)c3)sc2cc1OCCN. The monoisotopic (exact) mass is 651 g/mol. The van der Waals surface area contributed by atoms with Crippen LogP contribution in [0.25, 0.3) is 10.1 Å². The predicted octanol–water partition coefficient (Wildman–Crippen LogP) is 2.51. The van der Waals surface area contributed by atoms with Gasteiger partial charge in [-0.1, -0.05) is 0 Å². The fraction of sp³-hybridized carbons (Fsp3) is 0.300. The average molecular weight is 652 g/mol. The molecule has 0 aliphatic carbocycles. The first-order valence-corrected chi connectivity index (χ1v) is 16.4. The molecule has 6 N–H and O–H groups in total. The van der Waals surface area contributed by atoms with Crippen LogP contribution < -0.4 is 30.2 Å². The smallest absolute Gasteiger partial charge is 0.488 e. The van der Waals surface area contributed by atoms with Crippen LogP contribution in [-0.4, -0.2) is 59.8 Å². The second-order valence-electron chi connectivity index (χ2n) is 7.75. The lowest BCUT2D eigenvalue weighted by molar-refractivity contribution is -0.0437. The second kappa shape index (κ2) is 12.2. The van der Waals surface area contributed by atoms with E-state index in [1.807, 2.05) is 4.72 Å². The Morgan fingerprint density at radius 3 is 2.12 bits per heavy atom. The highest BCUT2D eigenvalue weighted by Crippen LogP contribution is 2.43. The molecule has 12 nitrogen and oxygen atoms in total. The first-order valence-electron chi connectivity index (χ1n) is 10.9. The van der Waals surface area contributed by atoms with Crippen molar-refractivity contribution in [3.05, 3.63) is 42.2 Å². The number of nitrogens with one attached hydrogen (secondary N) is 1. The van der Waals surface area contributed by atoms with Crippen LogP contribution in [0.5, 0.6) is 17.2 Å². The summed E-state index contributed by atoms with van der Waals surface area (Å²) in [6.07, 6.45) is -1.22. The van der Waals surface area contributed by atoms with Crippen molar-refractivity contribution in [3.8, 4) is 17.2 Å². The molecule has 0 bridgehead atoms. The van der Waals surface area contributed by atoms with E-state index in [9.17, 15) is 43.9 Å². The molecule has 0 aliphatic heterocycles. The summed E-state index contributed by atoms with van der Waals surface area (Å²) in [5, 5.41) is 0.435. The lowest BCUT2D eigenvalue weighted by atomic mass is 10.2. The van der Waals surface area contributed by atoms with Gasteiger partial charge in [0.1, 0.15) is 40.2 Å². The standard InChI is InChI=1S/C20H22F4N3O9PS3/c21-14-9-13(1-2-18(14)39(30,31)20(22,23)24)36-37(28,29)11-27-40(32,33)19-8-12-7-15(34-5-3-25)16(35-6-4-26)10-17(12)38-19/h1-2,7-10,27H,3-6,11,25-26H2,(H,28,29). The normalized spacial score (nSPS) is 14.2. The van der Waals surface area contributed by atoms with E-state index in [0.29, 0.717) is 21.9 Å². The fourth-order valence-corrected chi connectivity index (χ4v) is 7.80. The van der Waals surface area contributed by atoms with Gasteiger partial charge in [-0.05, 0) is 29.7 Å². The number of alkyl halides is 3. The van der Waals surface area contributed by atoms with Gasteiger partial charge in [0.05, 0.1) is 0 Å². The van der Waals surface area contributed by atoms with Crippen molar-refractivity contribution in [2.24, 2.45) is 11.5 Å². The average Bonchev–Trinajstić information content (AvgIpc) is 3.27. The molecule has 0 radical (unpaired) electrons. The maximum absolute atomic E-state index is 14.1. The van der Waals surface area contributed by atoms with E-state index in [-0.39, 0.29) is 48.4 Å². The first-order chi connectivity index (χ1) is 18.5. The minimum Gasteiger partial charge on any atom is -0.488 e. The maximum atomic E-state index is 14.1. The van der Waals surface area contributed by atoms with Gasteiger partial charge in [-0.3, -0.25) is 0 Å². The molecule has 3 rings (SSSR count). The van der Waals surface area contributed by atoms with Crippen molar-refractivity contribution in [1.29, 1.82) is 0 Å². The van der Waals surface area contributed by atoms with E-state index in [1.54, 1.807) is 0 Å². The molecular formula is C20H22F4N3O9PS3. The van der Waals surface area contributed by atoms with Crippen LogP contribution in [0.4, 0.5) is 17.6 Å². The molecule has 1 heterocycles. The number of sulfonamides is 1. The molecule has 1 aromatic heterocycles. The molecule has 40 heavy (non-hydrogen) atoms. The van der Waals surface area contributed by atoms with Gasteiger partial charge in [0.2, 0.25) is 0 Å². The lowest BCUT2D eigenvalue weighted by Crippen LogP contribution is -2.25. The second-order valence-corrected chi connectivity index (χ2v) is 14.5. The molecule has 1 unspecified atom stereocenters. The molecule has 0 saturated heterocycles. The Kier molecular flexibility index (Phi) is 9.73. The molecule has 20 heteroatoms. The minimum atomic E-state index is -6.03. The van der Waals surface area contributed by atoms with Gasteiger partial charge in [-0.15, -0.1) is 11.3 Å². The number of ether oxygens (including phenoxy) is 2. The first kappa shape index (κ1) is 32.0. The summed E-state index contributed by atoms with van der Waals surface area (Å²) in [5.74, 6) is -2.14. The summed E-state index contributed by atoms with van der Waals surface area (Å²) in [6.45, 7) is 0.709. The number of hydrogen-bond donors (Lipinski definition) is 4. The van der Waals surface area contributed by atoms with E-state index in [2.05, 4.69) is 4.52 Å². The Bertz CT molecular complexity index is 1600. The number of fused-ring (bicyclic) bond motifs is 1. The maximum Gasteiger partial charge on any atom is 0.502 e. The van der Waals surface area contributed by atoms with Gasteiger partial charge >= 0.3 is 13.1 Å². The largest absolute Gasteiger partial charge is 0.502 e. The topological polar surface area (TPSA) is 197 Å². The zero-order chi connectivity index (χ0) is 29.9. The number of thiophene rings is 1. The van der Waals surface area contributed by atoms with Crippen LogP contribution in [0.15, 0.2) is 45.5 Å². The van der Waals surface area contributed by atoms with E-state index in [0.717, 1.165) is 11.3 Å². The number of rotatable bonds is 13. The molecule has 222 valence electrons. The highest BCUT2D eigenvalue weighted by atomic mass is 32.2. The third-order valence-electron chi connectivity index (χ3n) is 4.78. The number of benzene rings is 2. The number of nitrogens with two attached hydrogens (primary N) is 2. The van der Waals surface area contributed by atoms with Crippen LogP contribution in [0, 0.1) is 5.82 Å². The van der Waals surface area contributed by atoms with Crippen LogP contribution >= 0.6 is 18.9 Å². The summed E-state index contributed by atoms with van der Waals surface area (Å²) in [4.78, 5) is 8.32. The van der Waals surface area contributed by atoms with Gasteiger partial charge in [0.15, 0.2) is 11.5 Å². The van der Waals surface area contributed by atoms with Gasteiger partial charge in [0.25, 0.3) is 19.9 Å². The van der Waals surface area contributed by atoms with Gasteiger partial charge in [0, 0.05) is 29.9 Å².